The average Bonchev–Trinajstić information content (AvgIpc) is 3.23. The van der Waals surface area contributed by atoms with Crippen LogP contribution in [-0.4, -0.2) is 53.9 Å². The van der Waals surface area contributed by atoms with Crippen LogP contribution in [-0.2, 0) is 13.6 Å². The molecule has 2 aromatic heterocycles. The standard InChI is InChI=1S/C25H24BrN5O4/c1-29-22-21(14-28-29)24(33)31(16-27-22)15-25(34)9-11-30(12-10-25)23(32)17-5-7-19(8-6-17)35-20-4-2-3-18(26)13-20/h2-8,13-14,16,34H,9-12,15H2,1H3. The number of benzene rings is 2. The van der Waals surface area contributed by atoms with Gasteiger partial charge in [0, 0.05) is 30.2 Å². The monoisotopic (exact) mass is 537 g/mol. The number of piperidine rings is 1. The summed E-state index contributed by atoms with van der Waals surface area (Å²) in [7, 11) is 1.72. The van der Waals surface area contributed by atoms with Gasteiger partial charge in [-0.05, 0) is 55.3 Å². The minimum atomic E-state index is -1.10. The van der Waals surface area contributed by atoms with Gasteiger partial charge in [0.25, 0.3) is 11.5 Å². The van der Waals surface area contributed by atoms with Gasteiger partial charge in [-0.3, -0.25) is 18.8 Å². The highest BCUT2D eigenvalue weighted by Gasteiger charge is 2.35. The van der Waals surface area contributed by atoms with Crippen LogP contribution in [0.15, 0.2) is 70.3 Å². The van der Waals surface area contributed by atoms with Crippen LogP contribution >= 0.6 is 15.9 Å². The number of carbonyl (C=O) groups excluding carboxylic acids is 1. The van der Waals surface area contributed by atoms with Gasteiger partial charge in [-0.15, -0.1) is 0 Å². The summed E-state index contributed by atoms with van der Waals surface area (Å²) in [5, 5.41) is 15.6. The number of aromatic nitrogens is 4. The van der Waals surface area contributed by atoms with Crippen LogP contribution < -0.4 is 10.3 Å². The van der Waals surface area contributed by atoms with Gasteiger partial charge in [-0.1, -0.05) is 22.0 Å². The minimum Gasteiger partial charge on any atom is -0.457 e. The number of rotatable bonds is 5. The van der Waals surface area contributed by atoms with Crippen LogP contribution in [0, 0.1) is 0 Å². The Morgan fingerprint density at radius 1 is 1.14 bits per heavy atom. The molecule has 0 unspecified atom stereocenters. The molecule has 1 amide bonds. The van der Waals surface area contributed by atoms with Crippen LogP contribution in [0.5, 0.6) is 11.5 Å². The van der Waals surface area contributed by atoms with Gasteiger partial charge in [0.1, 0.15) is 23.2 Å². The second kappa shape index (κ2) is 9.27. The maximum absolute atomic E-state index is 13.0. The second-order valence-electron chi connectivity index (χ2n) is 8.78. The van der Waals surface area contributed by atoms with E-state index in [1.807, 2.05) is 24.3 Å². The molecule has 0 spiro atoms. The van der Waals surface area contributed by atoms with Crippen LogP contribution in [0.4, 0.5) is 0 Å². The lowest BCUT2D eigenvalue weighted by Crippen LogP contribution is -2.49. The van der Waals surface area contributed by atoms with Crippen molar-refractivity contribution in [1.29, 1.82) is 0 Å². The van der Waals surface area contributed by atoms with E-state index in [0.717, 1.165) is 4.47 Å². The first kappa shape index (κ1) is 23.3. The fourth-order valence-corrected chi connectivity index (χ4v) is 4.67. The number of hydrogen-bond donors (Lipinski definition) is 1. The molecule has 1 aliphatic rings. The van der Waals surface area contributed by atoms with E-state index in [1.54, 1.807) is 40.9 Å². The van der Waals surface area contributed by atoms with Gasteiger partial charge in [0.05, 0.1) is 18.3 Å². The molecule has 10 heteroatoms. The summed E-state index contributed by atoms with van der Waals surface area (Å²) in [5.41, 5.74) is -0.272. The number of ether oxygens (including phenoxy) is 1. The Kier molecular flexibility index (Phi) is 6.16. The minimum absolute atomic E-state index is 0.100. The van der Waals surface area contributed by atoms with Gasteiger partial charge in [0.15, 0.2) is 5.65 Å². The lowest BCUT2D eigenvalue weighted by Gasteiger charge is -2.38. The Morgan fingerprint density at radius 2 is 1.89 bits per heavy atom. The van der Waals surface area contributed by atoms with Crippen molar-refractivity contribution >= 4 is 32.9 Å². The van der Waals surface area contributed by atoms with Crippen molar-refractivity contribution in [3.8, 4) is 11.5 Å². The molecule has 0 aliphatic carbocycles. The van der Waals surface area contributed by atoms with E-state index in [-0.39, 0.29) is 18.0 Å². The van der Waals surface area contributed by atoms with Gasteiger partial charge in [0.2, 0.25) is 0 Å². The summed E-state index contributed by atoms with van der Waals surface area (Å²) < 4.78 is 9.72. The molecular weight excluding hydrogens is 514 g/mol. The molecule has 2 aromatic carbocycles. The molecule has 0 saturated carbocycles. The number of hydrogen-bond acceptors (Lipinski definition) is 6. The Bertz CT molecular complexity index is 1440. The van der Waals surface area contributed by atoms with E-state index in [0.29, 0.717) is 54.0 Å². The molecule has 1 N–H and O–H groups in total. The van der Waals surface area contributed by atoms with Crippen molar-refractivity contribution in [2.45, 2.75) is 25.0 Å². The molecule has 1 fully saturated rings. The van der Waals surface area contributed by atoms with E-state index in [9.17, 15) is 14.7 Å². The summed E-state index contributed by atoms with van der Waals surface area (Å²) in [6.07, 6.45) is 3.65. The van der Waals surface area contributed by atoms with Crippen molar-refractivity contribution in [2.75, 3.05) is 13.1 Å². The van der Waals surface area contributed by atoms with Crippen molar-refractivity contribution in [2.24, 2.45) is 7.05 Å². The third-order valence-corrected chi connectivity index (χ3v) is 6.79. The Labute approximate surface area is 209 Å². The molecule has 1 aliphatic heterocycles. The highest BCUT2D eigenvalue weighted by Crippen LogP contribution is 2.27. The molecule has 0 atom stereocenters. The first-order valence-electron chi connectivity index (χ1n) is 11.2. The Hall–Kier alpha value is -3.50. The van der Waals surface area contributed by atoms with Gasteiger partial charge in [-0.2, -0.15) is 5.10 Å². The number of carbonyl (C=O) groups is 1. The predicted octanol–water partition coefficient (Wildman–Crippen LogP) is 3.35. The van der Waals surface area contributed by atoms with Crippen molar-refractivity contribution in [1.82, 2.24) is 24.2 Å². The number of likely N-dealkylation sites (tertiary alicyclic amines) is 1. The maximum atomic E-state index is 13.0. The molecule has 180 valence electrons. The van der Waals surface area contributed by atoms with Crippen molar-refractivity contribution < 1.29 is 14.6 Å². The third-order valence-electron chi connectivity index (χ3n) is 6.30. The third kappa shape index (κ3) is 4.85. The first-order valence-corrected chi connectivity index (χ1v) is 12.0. The van der Waals surface area contributed by atoms with Crippen molar-refractivity contribution in [3.05, 3.63) is 81.4 Å². The zero-order valence-corrected chi connectivity index (χ0v) is 20.7. The zero-order chi connectivity index (χ0) is 24.6. The fraction of sp³-hybridized carbons (Fsp3) is 0.280. The molecule has 5 rings (SSSR count). The summed E-state index contributed by atoms with van der Waals surface area (Å²) in [6, 6.07) is 14.5. The van der Waals surface area contributed by atoms with Crippen LogP contribution in [0.1, 0.15) is 23.2 Å². The summed E-state index contributed by atoms with van der Waals surface area (Å²) >= 11 is 3.42. The van der Waals surface area contributed by atoms with Crippen LogP contribution in [0.3, 0.4) is 0 Å². The molecule has 0 radical (unpaired) electrons. The largest absolute Gasteiger partial charge is 0.457 e. The van der Waals surface area contributed by atoms with Crippen molar-refractivity contribution in [3.63, 3.8) is 0 Å². The van der Waals surface area contributed by atoms with E-state index >= 15 is 0 Å². The molecule has 35 heavy (non-hydrogen) atoms. The van der Waals surface area contributed by atoms with E-state index in [2.05, 4.69) is 26.0 Å². The first-order chi connectivity index (χ1) is 16.8. The maximum Gasteiger partial charge on any atom is 0.264 e. The van der Waals surface area contributed by atoms with Gasteiger partial charge >= 0.3 is 0 Å². The second-order valence-corrected chi connectivity index (χ2v) is 9.70. The van der Waals surface area contributed by atoms with Gasteiger partial charge < -0.3 is 14.7 Å². The average molecular weight is 538 g/mol. The number of nitrogens with zero attached hydrogens (tertiary/aromatic N) is 5. The number of amides is 1. The molecule has 9 nitrogen and oxygen atoms in total. The highest BCUT2D eigenvalue weighted by atomic mass is 79.9. The molecule has 0 bridgehead atoms. The lowest BCUT2D eigenvalue weighted by molar-refractivity contribution is -0.0299. The quantitative estimate of drug-likeness (QED) is 0.418. The van der Waals surface area contributed by atoms with Crippen LogP contribution in [0.25, 0.3) is 11.0 Å². The van der Waals surface area contributed by atoms with E-state index in [1.165, 1.54) is 17.1 Å². The number of fused-ring (bicyclic) bond motifs is 1. The smallest absolute Gasteiger partial charge is 0.264 e. The number of aliphatic hydroxyl groups is 1. The normalized spacial score (nSPS) is 15.3. The summed E-state index contributed by atoms with van der Waals surface area (Å²) in [5.74, 6) is 1.24. The van der Waals surface area contributed by atoms with Gasteiger partial charge in [-0.25, -0.2) is 4.98 Å². The molecular formula is C25H24BrN5O4. The summed E-state index contributed by atoms with van der Waals surface area (Å²) in [6.45, 7) is 0.902. The van der Waals surface area contributed by atoms with Crippen LogP contribution in [0.2, 0.25) is 0 Å². The fourth-order valence-electron chi connectivity index (χ4n) is 4.30. The predicted molar refractivity (Wildman–Crippen MR) is 134 cm³/mol. The highest BCUT2D eigenvalue weighted by molar-refractivity contribution is 9.10. The molecule has 4 aromatic rings. The molecule has 3 heterocycles. The number of aryl methyl sites for hydroxylation is 1. The Balaban J connectivity index is 1.21. The lowest BCUT2D eigenvalue weighted by atomic mass is 9.91. The Morgan fingerprint density at radius 3 is 2.60 bits per heavy atom. The topological polar surface area (TPSA) is 102 Å². The zero-order valence-electron chi connectivity index (χ0n) is 19.1. The SMILES string of the molecule is Cn1ncc2c(=O)n(CC3(O)CCN(C(=O)c4ccc(Oc5cccc(Br)c5)cc4)CC3)cnc21. The number of halogens is 1. The van der Waals surface area contributed by atoms with E-state index < -0.39 is 5.60 Å². The summed E-state index contributed by atoms with van der Waals surface area (Å²) in [4.78, 5) is 31.8. The molecule has 1 saturated heterocycles. The van der Waals surface area contributed by atoms with E-state index in [4.69, 9.17) is 4.74 Å².